The summed E-state index contributed by atoms with van der Waals surface area (Å²) in [6.07, 6.45) is 3.73. The van der Waals surface area contributed by atoms with Crippen molar-refractivity contribution in [1.29, 1.82) is 0 Å². The zero-order chi connectivity index (χ0) is 16.2. The van der Waals surface area contributed by atoms with Gasteiger partial charge in [-0.25, -0.2) is 0 Å². The van der Waals surface area contributed by atoms with E-state index in [9.17, 15) is 0 Å². The van der Waals surface area contributed by atoms with Gasteiger partial charge in [-0.1, -0.05) is 51.0 Å². The van der Waals surface area contributed by atoms with Gasteiger partial charge in [0.2, 0.25) is 0 Å². The van der Waals surface area contributed by atoms with Gasteiger partial charge in [0.1, 0.15) is 0 Å². The summed E-state index contributed by atoms with van der Waals surface area (Å²) < 4.78 is 5.24. The summed E-state index contributed by atoms with van der Waals surface area (Å²) in [5, 5.41) is 6.74. The first-order chi connectivity index (χ1) is 10.7. The number of benzene rings is 1. The van der Waals surface area contributed by atoms with Gasteiger partial charge in [-0.3, -0.25) is 4.99 Å². The van der Waals surface area contributed by atoms with Crippen LogP contribution in [0, 0.1) is 5.92 Å². The van der Waals surface area contributed by atoms with E-state index in [1.165, 1.54) is 30.4 Å². The van der Waals surface area contributed by atoms with Crippen molar-refractivity contribution in [2.24, 2.45) is 10.9 Å². The number of rotatable bonds is 9. The first-order valence-electron chi connectivity index (χ1n) is 8.17. The van der Waals surface area contributed by atoms with E-state index in [-0.39, 0.29) is 24.0 Å². The third-order valence-electron chi connectivity index (χ3n) is 3.59. The Morgan fingerprint density at radius 1 is 1.13 bits per heavy atom. The molecule has 0 aliphatic rings. The lowest BCUT2D eigenvalue weighted by atomic mass is 10.1. The number of unbranched alkanes of at least 4 members (excludes halogenated alkanes) is 1. The molecule has 132 valence electrons. The summed E-state index contributed by atoms with van der Waals surface area (Å²) in [5.41, 5.74) is 2.46. The Labute approximate surface area is 158 Å². The second kappa shape index (κ2) is 13.6. The van der Waals surface area contributed by atoms with Crippen molar-refractivity contribution < 1.29 is 4.74 Å². The van der Waals surface area contributed by atoms with Crippen molar-refractivity contribution in [3.05, 3.63) is 35.4 Å². The summed E-state index contributed by atoms with van der Waals surface area (Å²) in [5.74, 6) is 1.64. The summed E-state index contributed by atoms with van der Waals surface area (Å²) in [6, 6.07) is 8.32. The van der Waals surface area contributed by atoms with Crippen molar-refractivity contribution in [3.63, 3.8) is 0 Å². The Kier molecular flexibility index (Phi) is 13.1. The molecule has 5 heteroatoms. The number of methoxy groups -OCH3 is 1. The lowest BCUT2D eigenvalue weighted by molar-refractivity contribution is 0.184. The molecule has 0 atom stereocenters. The highest BCUT2D eigenvalue weighted by molar-refractivity contribution is 14.0. The highest BCUT2D eigenvalue weighted by Gasteiger charge is 2.03. The molecule has 4 nitrogen and oxygen atoms in total. The lowest BCUT2D eigenvalue weighted by Crippen LogP contribution is -2.37. The molecule has 0 unspecified atom stereocenters. The number of halogens is 1. The second-order valence-corrected chi connectivity index (χ2v) is 5.94. The standard InChI is InChI=1S/C18H31N3O.HI/c1-15(2)9-7-8-12-20-18(19-3)21-13-16-10-5-6-11-17(16)14-22-4;/h5-6,10-11,15H,7-9,12-14H2,1-4H3,(H2,19,20,21);1H. The average Bonchev–Trinajstić information content (AvgIpc) is 2.51. The van der Waals surface area contributed by atoms with Crippen LogP contribution < -0.4 is 10.6 Å². The summed E-state index contributed by atoms with van der Waals surface area (Å²) >= 11 is 0. The number of hydrogen-bond donors (Lipinski definition) is 2. The quantitative estimate of drug-likeness (QED) is 0.268. The molecule has 0 aromatic heterocycles. The molecule has 23 heavy (non-hydrogen) atoms. The Balaban J connectivity index is 0.00000484. The third-order valence-corrected chi connectivity index (χ3v) is 3.59. The van der Waals surface area contributed by atoms with E-state index in [2.05, 4.69) is 47.7 Å². The van der Waals surface area contributed by atoms with Gasteiger partial charge in [0.15, 0.2) is 5.96 Å². The van der Waals surface area contributed by atoms with E-state index < -0.39 is 0 Å². The number of nitrogens with zero attached hydrogens (tertiary/aromatic N) is 1. The van der Waals surface area contributed by atoms with E-state index >= 15 is 0 Å². The third kappa shape index (κ3) is 9.81. The zero-order valence-corrected chi connectivity index (χ0v) is 17.2. The fourth-order valence-electron chi connectivity index (χ4n) is 2.31. The van der Waals surface area contributed by atoms with Gasteiger partial charge in [0.05, 0.1) is 6.61 Å². The molecule has 0 saturated heterocycles. The molecule has 1 rings (SSSR count). The highest BCUT2D eigenvalue weighted by atomic mass is 127. The lowest BCUT2D eigenvalue weighted by Gasteiger charge is -2.14. The van der Waals surface area contributed by atoms with Crippen molar-refractivity contribution in [2.45, 2.75) is 46.3 Å². The summed E-state index contributed by atoms with van der Waals surface area (Å²) in [7, 11) is 3.53. The molecule has 0 fully saturated rings. The van der Waals surface area contributed by atoms with Crippen molar-refractivity contribution in [1.82, 2.24) is 10.6 Å². The maximum atomic E-state index is 5.24. The van der Waals surface area contributed by atoms with E-state index in [4.69, 9.17) is 4.74 Å². The van der Waals surface area contributed by atoms with E-state index in [0.717, 1.165) is 25.0 Å². The maximum Gasteiger partial charge on any atom is 0.191 e. The van der Waals surface area contributed by atoms with Gasteiger partial charge in [0.25, 0.3) is 0 Å². The number of guanidine groups is 1. The number of ether oxygens (including phenoxy) is 1. The van der Waals surface area contributed by atoms with Crippen LogP contribution in [0.1, 0.15) is 44.2 Å². The number of hydrogen-bond acceptors (Lipinski definition) is 2. The zero-order valence-electron chi connectivity index (χ0n) is 14.9. The van der Waals surface area contributed by atoms with Gasteiger partial charge >= 0.3 is 0 Å². The Morgan fingerprint density at radius 3 is 2.43 bits per heavy atom. The second-order valence-electron chi connectivity index (χ2n) is 5.94. The predicted molar refractivity (Wildman–Crippen MR) is 109 cm³/mol. The predicted octanol–water partition coefficient (Wildman–Crippen LogP) is 3.94. The Morgan fingerprint density at radius 2 is 1.83 bits per heavy atom. The van der Waals surface area contributed by atoms with Crippen molar-refractivity contribution in [3.8, 4) is 0 Å². The first kappa shape index (κ1) is 22.2. The molecule has 2 N–H and O–H groups in total. The van der Waals surface area contributed by atoms with Gasteiger partial charge in [0, 0.05) is 27.2 Å². The molecule has 0 radical (unpaired) electrons. The van der Waals surface area contributed by atoms with Crippen LogP contribution in [0.5, 0.6) is 0 Å². The van der Waals surface area contributed by atoms with Gasteiger partial charge in [-0.2, -0.15) is 0 Å². The van der Waals surface area contributed by atoms with Crippen LogP contribution in [0.25, 0.3) is 0 Å². The molecule has 0 aliphatic carbocycles. The highest BCUT2D eigenvalue weighted by Crippen LogP contribution is 2.09. The van der Waals surface area contributed by atoms with E-state index in [1.54, 1.807) is 7.11 Å². The SMILES string of the molecule is CN=C(NCCCCC(C)C)NCc1ccccc1COC.I. The Bertz CT molecular complexity index is 450. The first-order valence-corrected chi connectivity index (χ1v) is 8.17. The molecule has 1 aromatic rings. The van der Waals surface area contributed by atoms with Crippen LogP contribution in [0.4, 0.5) is 0 Å². The molecular formula is C18H32IN3O. The molecule has 0 aliphatic heterocycles. The Hall–Kier alpha value is -0.820. The summed E-state index contributed by atoms with van der Waals surface area (Å²) in [4.78, 5) is 4.27. The summed E-state index contributed by atoms with van der Waals surface area (Å²) in [6.45, 7) is 6.90. The van der Waals surface area contributed by atoms with Crippen LogP contribution in [0.3, 0.4) is 0 Å². The topological polar surface area (TPSA) is 45.7 Å². The molecule has 0 amide bonds. The minimum atomic E-state index is 0. The molecule has 0 saturated carbocycles. The molecule has 0 bridgehead atoms. The van der Waals surface area contributed by atoms with Crippen molar-refractivity contribution >= 4 is 29.9 Å². The fraction of sp³-hybridized carbons (Fsp3) is 0.611. The van der Waals surface area contributed by atoms with E-state index in [0.29, 0.717) is 6.61 Å². The van der Waals surface area contributed by atoms with E-state index in [1.807, 2.05) is 13.1 Å². The van der Waals surface area contributed by atoms with Gasteiger partial charge in [-0.05, 0) is 23.5 Å². The van der Waals surface area contributed by atoms with Crippen LogP contribution in [-0.2, 0) is 17.9 Å². The molecule has 0 heterocycles. The van der Waals surface area contributed by atoms with Crippen LogP contribution in [0.2, 0.25) is 0 Å². The van der Waals surface area contributed by atoms with Crippen LogP contribution in [-0.4, -0.2) is 26.7 Å². The van der Waals surface area contributed by atoms with Crippen LogP contribution in [0.15, 0.2) is 29.3 Å². The van der Waals surface area contributed by atoms with Crippen LogP contribution >= 0.6 is 24.0 Å². The normalized spacial score (nSPS) is 11.3. The molecule has 0 spiro atoms. The van der Waals surface area contributed by atoms with Gasteiger partial charge in [-0.15, -0.1) is 24.0 Å². The van der Waals surface area contributed by atoms with Gasteiger partial charge < -0.3 is 15.4 Å². The minimum Gasteiger partial charge on any atom is -0.380 e. The average molecular weight is 433 g/mol. The number of nitrogens with one attached hydrogen (secondary N) is 2. The maximum absolute atomic E-state index is 5.24. The monoisotopic (exact) mass is 433 g/mol. The number of aliphatic imine (C=N–C) groups is 1. The minimum absolute atomic E-state index is 0. The fourth-order valence-corrected chi connectivity index (χ4v) is 2.31. The van der Waals surface area contributed by atoms with Crippen molar-refractivity contribution in [2.75, 3.05) is 20.7 Å². The molecule has 1 aromatic carbocycles. The smallest absolute Gasteiger partial charge is 0.191 e. The molecular weight excluding hydrogens is 401 g/mol. The largest absolute Gasteiger partial charge is 0.380 e.